The highest BCUT2D eigenvalue weighted by Gasteiger charge is 2.39. The Hall–Kier alpha value is -2.26. The van der Waals surface area contributed by atoms with E-state index in [9.17, 15) is 45.5 Å². The van der Waals surface area contributed by atoms with Gasteiger partial charge in [-0.25, -0.2) is 4.21 Å². The van der Waals surface area contributed by atoms with Crippen LogP contribution in [0.3, 0.4) is 0 Å². The summed E-state index contributed by atoms with van der Waals surface area (Å²) in [5.74, 6) is -1.13. The van der Waals surface area contributed by atoms with Crippen LogP contribution in [0, 0.1) is 10.1 Å². The van der Waals surface area contributed by atoms with E-state index in [1.54, 1.807) is 0 Å². The van der Waals surface area contributed by atoms with Gasteiger partial charge in [0.2, 0.25) is 5.91 Å². The molecular weight excluding hydrogens is 494 g/mol. The second-order valence-corrected chi connectivity index (χ2v) is 9.14. The molecule has 1 N–H and O–H groups in total. The van der Waals surface area contributed by atoms with Gasteiger partial charge in [0.25, 0.3) is 5.69 Å². The molecule has 2 rings (SSSR count). The summed E-state index contributed by atoms with van der Waals surface area (Å²) in [6.45, 7) is 0. The Morgan fingerprint density at radius 3 is 2.35 bits per heavy atom. The molecule has 0 fully saturated rings. The number of alkyl halides is 6. The molecule has 0 aliphatic rings. The van der Waals surface area contributed by atoms with Gasteiger partial charge in [-0.1, -0.05) is 6.07 Å². The van der Waals surface area contributed by atoms with Gasteiger partial charge >= 0.3 is 11.0 Å². The van der Waals surface area contributed by atoms with Crippen LogP contribution in [0.25, 0.3) is 0 Å². The van der Waals surface area contributed by atoms with Crippen LogP contribution >= 0.6 is 23.5 Å². The summed E-state index contributed by atoms with van der Waals surface area (Å²) in [6, 6.07) is 7.17. The molecule has 0 aromatic heterocycles. The van der Waals surface area contributed by atoms with E-state index >= 15 is 0 Å². The van der Waals surface area contributed by atoms with Crippen molar-refractivity contribution in [2.45, 2.75) is 25.7 Å². The van der Waals surface area contributed by atoms with Gasteiger partial charge in [-0.15, -0.1) is 11.8 Å². The van der Waals surface area contributed by atoms with Crippen molar-refractivity contribution in [3.05, 3.63) is 52.6 Å². The third-order valence-corrected chi connectivity index (χ3v) is 6.15. The lowest BCUT2D eigenvalue weighted by Gasteiger charge is -2.10. The number of halogens is 6. The highest BCUT2D eigenvalue weighted by atomic mass is 32.2. The molecule has 6 nitrogen and oxygen atoms in total. The van der Waals surface area contributed by atoms with E-state index in [-0.39, 0.29) is 27.2 Å². The maximum Gasteiger partial charge on any atom is 0.475 e. The average molecular weight is 504 g/mol. The van der Waals surface area contributed by atoms with Crippen molar-refractivity contribution in [2.75, 3.05) is 11.1 Å². The molecule has 0 saturated heterocycles. The first-order valence-corrected chi connectivity index (χ1v) is 10.8. The van der Waals surface area contributed by atoms with Gasteiger partial charge in [0.1, 0.15) is 0 Å². The van der Waals surface area contributed by atoms with E-state index in [0.29, 0.717) is 17.8 Å². The molecule has 0 saturated carbocycles. The van der Waals surface area contributed by atoms with Gasteiger partial charge in [-0.2, -0.15) is 26.3 Å². The molecular formula is C16H10F6N2O4S3. The van der Waals surface area contributed by atoms with Gasteiger partial charge < -0.3 is 5.32 Å². The monoisotopic (exact) mass is 504 g/mol. The zero-order valence-electron chi connectivity index (χ0n) is 14.8. The second-order valence-electron chi connectivity index (χ2n) is 5.51. The first-order valence-electron chi connectivity index (χ1n) is 7.82. The van der Waals surface area contributed by atoms with Crippen molar-refractivity contribution in [2.24, 2.45) is 0 Å². The molecule has 0 bridgehead atoms. The zero-order valence-corrected chi connectivity index (χ0v) is 17.3. The molecule has 0 heterocycles. The third kappa shape index (κ3) is 7.74. The number of nitro groups is 1. The lowest BCUT2D eigenvalue weighted by atomic mass is 10.3. The van der Waals surface area contributed by atoms with Crippen molar-refractivity contribution in [1.29, 1.82) is 0 Å². The van der Waals surface area contributed by atoms with Crippen molar-refractivity contribution in [3.63, 3.8) is 0 Å². The van der Waals surface area contributed by atoms with Gasteiger partial charge in [0.15, 0.2) is 10.8 Å². The molecule has 2 aromatic carbocycles. The maximum atomic E-state index is 12.6. The summed E-state index contributed by atoms with van der Waals surface area (Å²) in [4.78, 5) is 21.1. The first-order chi connectivity index (χ1) is 14.3. The zero-order chi connectivity index (χ0) is 23.4. The average Bonchev–Trinajstić information content (AvgIpc) is 2.63. The van der Waals surface area contributed by atoms with Crippen LogP contribution in [0.4, 0.5) is 37.7 Å². The third-order valence-electron chi connectivity index (χ3n) is 3.26. The van der Waals surface area contributed by atoms with Crippen molar-refractivity contribution in [3.8, 4) is 0 Å². The van der Waals surface area contributed by atoms with Crippen LogP contribution in [0.15, 0.2) is 57.2 Å². The number of amides is 1. The topological polar surface area (TPSA) is 89.3 Å². The largest absolute Gasteiger partial charge is 0.475 e. The summed E-state index contributed by atoms with van der Waals surface area (Å²) < 4.78 is 86.3. The van der Waals surface area contributed by atoms with Crippen LogP contribution < -0.4 is 5.32 Å². The Balaban J connectivity index is 2.09. The molecule has 0 radical (unpaired) electrons. The van der Waals surface area contributed by atoms with Gasteiger partial charge in [-0.3, -0.25) is 14.9 Å². The number of nitrogens with one attached hydrogen (secondary N) is 1. The normalized spacial score (nSPS) is 13.0. The van der Waals surface area contributed by atoms with E-state index in [0.717, 1.165) is 18.2 Å². The maximum absolute atomic E-state index is 12.6. The molecule has 2 aromatic rings. The van der Waals surface area contributed by atoms with E-state index < -0.39 is 49.0 Å². The SMILES string of the molecule is O=C(CSc1ccc(S(=O)C(F)(F)F)cc1[N+](=O)[O-])Nc1cccc(SC(F)(F)F)c1. The fourth-order valence-corrected chi connectivity index (χ4v) is 4.20. The van der Waals surface area contributed by atoms with Crippen LogP contribution in [0.2, 0.25) is 0 Å². The number of nitrogens with zero attached hydrogens (tertiary/aromatic N) is 1. The number of rotatable bonds is 7. The minimum atomic E-state index is -5.10. The first kappa shape index (κ1) is 25.0. The minimum absolute atomic E-state index is 0.0604. The van der Waals surface area contributed by atoms with E-state index in [1.165, 1.54) is 18.2 Å². The Morgan fingerprint density at radius 2 is 1.77 bits per heavy atom. The summed E-state index contributed by atoms with van der Waals surface area (Å²) in [6.07, 6.45) is 0. The Morgan fingerprint density at radius 1 is 1.10 bits per heavy atom. The lowest BCUT2D eigenvalue weighted by Crippen LogP contribution is -2.16. The highest BCUT2D eigenvalue weighted by Crippen LogP contribution is 2.38. The van der Waals surface area contributed by atoms with E-state index in [1.807, 2.05) is 0 Å². The number of hydrogen-bond donors (Lipinski definition) is 1. The fourth-order valence-electron chi connectivity index (χ4n) is 2.12. The van der Waals surface area contributed by atoms with Crippen molar-refractivity contribution < 1.29 is 40.3 Å². The van der Waals surface area contributed by atoms with Crippen molar-refractivity contribution >= 4 is 51.6 Å². The van der Waals surface area contributed by atoms with Crippen LogP contribution in [0.5, 0.6) is 0 Å². The van der Waals surface area contributed by atoms with Crippen LogP contribution in [-0.2, 0) is 15.6 Å². The van der Waals surface area contributed by atoms with Gasteiger partial charge in [0.05, 0.1) is 20.5 Å². The number of anilines is 1. The summed E-state index contributed by atoms with van der Waals surface area (Å²) >= 11 is 0.252. The van der Waals surface area contributed by atoms with Gasteiger partial charge in [-0.05, 0) is 42.1 Å². The molecule has 0 aliphatic heterocycles. The van der Waals surface area contributed by atoms with Crippen molar-refractivity contribution in [1.82, 2.24) is 0 Å². The molecule has 1 amide bonds. The number of benzene rings is 2. The number of carbonyl (C=O) groups is 1. The Labute approximate surface area is 181 Å². The minimum Gasteiger partial charge on any atom is -0.325 e. The van der Waals surface area contributed by atoms with Gasteiger partial charge in [0, 0.05) is 16.6 Å². The smallest absolute Gasteiger partial charge is 0.325 e. The Kier molecular flexibility index (Phi) is 7.99. The molecule has 31 heavy (non-hydrogen) atoms. The predicted molar refractivity (Wildman–Crippen MR) is 103 cm³/mol. The molecule has 168 valence electrons. The summed E-state index contributed by atoms with van der Waals surface area (Å²) in [5.41, 5.74) is -10.3. The molecule has 0 aliphatic carbocycles. The number of hydrogen-bond acceptors (Lipinski definition) is 6. The summed E-state index contributed by atoms with van der Waals surface area (Å²) in [7, 11) is -3.46. The molecule has 1 atom stereocenters. The lowest BCUT2D eigenvalue weighted by molar-refractivity contribution is -0.387. The summed E-state index contributed by atoms with van der Waals surface area (Å²) in [5, 5.41) is 13.5. The van der Waals surface area contributed by atoms with Crippen LogP contribution in [-0.4, -0.2) is 31.8 Å². The molecule has 1 unspecified atom stereocenters. The molecule has 15 heteroatoms. The van der Waals surface area contributed by atoms with E-state index in [2.05, 4.69) is 5.32 Å². The fraction of sp³-hybridized carbons (Fsp3) is 0.188. The predicted octanol–water partition coefficient (Wildman–Crippen LogP) is 5.56. The number of thioether (sulfide) groups is 2. The quantitative estimate of drug-likeness (QED) is 0.230. The number of carbonyl (C=O) groups excluding carboxylic acids is 1. The number of nitro benzene ring substituents is 1. The second kappa shape index (κ2) is 9.91. The van der Waals surface area contributed by atoms with E-state index in [4.69, 9.17) is 0 Å². The van der Waals surface area contributed by atoms with Crippen LogP contribution in [0.1, 0.15) is 0 Å². The highest BCUT2D eigenvalue weighted by molar-refractivity contribution is 8.00. The standard InChI is InChI=1S/C16H10F6N2O4S3/c17-15(18,19)30-10-3-1-2-9(6-10)23-14(25)8-29-13-5-4-11(7-12(13)24(26)27)31(28)16(20,21)22/h1-7H,8H2,(H,23,25). The molecule has 0 spiro atoms. The Bertz CT molecular complexity index is 1010.